The molecule has 0 heterocycles. The summed E-state index contributed by atoms with van der Waals surface area (Å²) >= 11 is 0. The van der Waals surface area contributed by atoms with Gasteiger partial charge in [0.15, 0.2) is 0 Å². The summed E-state index contributed by atoms with van der Waals surface area (Å²) in [4.78, 5) is 0. The zero-order valence-corrected chi connectivity index (χ0v) is 10.7. The fourth-order valence-corrected chi connectivity index (χ4v) is 1.79. The van der Waals surface area contributed by atoms with E-state index in [2.05, 4.69) is 30.1 Å². The summed E-state index contributed by atoms with van der Waals surface area (Å²) < 4.78 is 5.18. The van der Waals surface area contributed by atoms with Gasteiger partial charge in [-0.1, -0.05) is 30.7 Å². The Labute approximate surface area is 105 Å². The molecule has 0 aliphatic rings. The van der Waals surface area contributed by atoms with Gasteiger partial charge in [-0.15, -0.1) is 6.58 Å². The first-order valence-electron chi connectivity index (χ1n) is 6.30. The fraction of sp³-hybridized carbons (Fsp3) is 0.467. The number of hydrogen-bond acceptors (Lipinski definition) is 2. The number of ether oxygens (including phenoxy) is 1. The Morgan fingerprint density at radius 1 is 1.24 bits per heavy atom. The Bertz CT molecular complexity index is 322. The molecule has 94 valence electrons. The molecule has 0 spiro atoms. The topological polar surface area (TPSA) is 21.3 Å². The summed E-state index contributed by atoms with van der Waals surface area (Å²) in [5.74, 6) is 0. The van der Waals surface area contributed by atoms with Crippen molar-refractivity contribution in [3.05, 3.63) is 42.5 Å². The van der Waals surface area contributed by atoms with Gasteiger partial charge in [-0.05, 0) is 25.3 Å². The predicted molar refractivity (Wildman–Crippen MR) is 74.3 cm³/mol. The van der Waals surface area contributed by atoms with Gasteiger partial charge in [0.2, 0.25) is 0 Å². The van der Waals surface area contributed by atoms with Crippen molar-refractivity contribution in [2.75, 3.05) is 19.0 Å². The second-order valence-electron chi connectivity index (χ2n) is 4.15. The van der Waals surface area contributed by atoms with Gasteiger partial charge >= 0.3 is 0 Å². The first-order chi connectivity index (χ1) is 8.38. The second kappa shape index (κ2) is 8.82. The van der Waals surface area contributed by atoms with Crippen LogP contribution < -0.4 is 5.32 Å². The van der Waals surface area contributed by atoms with Crippen LogP contribution in [0.3, 0.4) is 0 Å². The van der Waals surface area contributed by atoms with Crippen LogP contribution >= 0.6 is 0 Å². The first kappa shape index (κ1) is 13.8. The van der Waals surface area contributed by atoms with Gasteiger partial charge < -0.3 is 10.1 Å². The lowest BCUT2D eigenvalue weighted by molar-refractivity contribution is 0.185. The summed E-state index contributed by atoms with van der Waals surface area (Å²) in [7, 11) is 1.73. The SMILES string of the molecule is C=CCCCCCNc1ccccc1COC. The number of methoxy groups -OCH3 is 1. The van der Waals surface area contributed by atoms with Crippen LogP contribution in [0.2, 0.25) is 0 Å². The van der Waals surface area contributed by atoms with E-state index in [1.54, 1.807) is 7.11 Å². The smallest absolute Gasteiger partial charge is 0.0733 e. The lowest BCUT2D eigenvalue weighted by Gasteiger charge is -2.11. The normalized spacial score (nSPS) is 10.2. The lowest BCUT2D eigenvalue weighted by atomic mass is 10.1. The van der Waals surface area contributed by atoms with Crippen molar-refractivity contribution in [1.29, 1.82) is 0 Å². The molecule has 1 N–H and O–H groups in total. The molecule has 0 atom stereocenters. The molecule has 0 fully saturated rings. The van der Waals surface area contributed by atoms with Crippen molar-refractivity contribution in [1.82, 2.24) is 0 Å². The third kappa shape index (κ3) is 5.55. The molecule has 0 bridgehead atoms. The number of nitrogens with one attached hydrogen (secondary N) is 1. The number of hydrogen-bond donors (Lipinski definition) is 1. The monoisotopic (exact) mass is 233 g/mol. The van der Waals surface area contributed by atoms with Crippen molar-refractivity contribution < 1.29 is 4.74 Å². The second-order valence-corrected chi connectivity index (χ2v) is 4.15. The van der Waals surface area contributed by atoms with E-state index in [-0.39, 0.29) is 0 Å². The summed E-state index contributed by atoms with van der Waals surface area (Å²) in [6.07, 6.45) is 6.81. The van der Waals surface area contributed by atoms with Crippen LogP contribution in [-0.2, 0) is 11.3 Å². The number of rotatable bonds is 9. The maximum atomic E-state index is 5.18. The van der Waals surface area contributed by atoms with Gasteiger partial charge in [-0.3, -0.25) is 0 Å². The summed E-state index contributed by atoms with van der Waals surface area (Å²) in [5.41, 5.74) is 2.42. The third-order valence-electron chi connectivity index (χ3n) is 2.72. The molecule has 2 heteroatoms. The van der Waals surface area contributed by atoms with Crippen LogP contribution in [0.25, 0.3) is 0 Å². The van der Waals surface area contributed by atoms with Gasteiger partial charge in [-0.25, -0.2) is 0 Å². The first-order valence-corrected chi connectivity index (χ1v) is 6.30. The van der Waals surface area contributed by atoms with Gasteiger partial charge in [0.05, 0.1) is 6.61 Å². The summed E-state index contributed by atoms with van der Waals surface area (Å²) in [6.45, 7) is 5.42. The number of allylic oxidation sites excluding steroid dienone is 1. The minimum Gasteiger partial charge on any atom is -0.385 e. The van der Waals surface area contributed by atoms with Crippen molar-refractivity contribution in [2.24, 2.45) is 0 Å². The van der Waals surface area contributed by atoms with Gasteiger partial charge in [0, 0.05) is 24.9 Å². The minimum absolute atomic E-state index is 0.666. The van der Waals surface area contributed by atoms with Gasteiger partial charge in [0.25, 0.3) is 0 Å². The molecule has 0 unspecified atom stereocenters. The molecule has 2 nitrogen and oxygen atoms in total. The Kier molecular flexibility index (Phi) is 7.15. The Balaban J connectivity index is 2.28. The van der Waals surface area contributed by atoms with E-state index in [1.807, 2.05) is 12.1 Å². The Hall–Kier alpha value is -1.28. The van der Waals surface area contributed by atoms with Crippen molar-refractivity contribution in [3.8, 4) is 0 Å². The number of para-hydroxylation sites is 1. The molecule has 0 saturated carbocycles. The van der Waals surface area contributed by atoms with E-state index >= 15 is 0 Å². The number of benzene rings is 1. The Morgan fingerprint density at radius 3 is 2.82 bits per heavy atom. The molecular formula is C15H23NO. The van der Waals surface area contributed by atoms with E-state index in [4.69, 9.17) is 4.74 Å². The molecule has 0 aliphatic heterocycles. The van der Waals surface area contributed by atoms with Crippen LogP contribution in [-0.4, -0.2) is 13.7 Å². The van der Waals surface area contributed by atoms with Crippen molar-refractivity contribution >= 4 is 5.69 Å². The standard InChI is InChI=1S/C15H23NO/c1-3-4-5-6-9-12-16-15-11-8-7-10-14(15)13-17-2/h3,7-8,10-11,16H,1,4-6,9,12-13H2,2H3. The highest BCUT2D eigenvalue weighted by atomic mass is 16.5. The summed E-state index contributed by atoms with van der Waals surface area (Å²) in [5, 5.41) is 3.47. The molecule has 1 aromatic rings. The largest absolute Gasteiger partial charge is 0.385 e. The molecule has 0 amide bonds. The van der Waals surface area contributed by atoms with Crippen LogP contribution in [0.4, 0.5) is 5.69 Å². The molecule has 1 rings (SSSR count). The zero-order chi connectivity index (χ0) is 12.3. The van der Waals surface area contributed by atoms with E-state index in [0.717, 1.165) is 13.0 Å². The zero-order valence-electron chi connectivity index (χ0n) is 10.7. The average molecular weight is 233 g/mol. The summed E-state index contributed by atoms with van der Waals surface area (Å²) in [6, 6.07) is 8.31. The third-order valence-corrected chi connectivity index (χ3v) is 2.72. The fourth-order valence-electron chi connectivity index (χ4n) is 1.79. The lowest BCUT2D eigenvalue weighted by Crippen LogP contribution is -2.04. The maximum Gasteiger partial charge on any atom is 0.0733 e. The molecular weight excluding hydrogens is 210 g/mol. The van der Waals surface area contributed by atoms with Crippen LogP contribution in [0.5, 0.6) is 0 Å². The number of anilines is 1. The van der Waals surface area contributed by atoms with Crippen molar-refractivity contribution in [3.63, 3.8) is 0 Å². The molecule has 0 radical (unpaired) electrons. The van der Waals surface area contributed by atoms with Crippen molar-refractivity contribution in [2.45, 2.75) is 32.3 Å². The highest BCUT2D eigenvalue weighted by Crippen LogP contribution is 2.15. The van der Waals surface area contributed by atoms with Crippen LogP contribution in [0.15, 0.2) is 36.9 Å². The van der Waals surface area contributed by atoms with Gasteiger partial charge in [-0.2, -0.15) is 0 Å². The maximum absolute atomic E-state index is 5.18. The predicted octanol–water partition coefficient (Wildman–Crippen LogP) is 3.99. The molecule has 1 aromatic carbocycles. The molecule has 0 saturated heterocycles. The molecule has 0 aromatic heterocycles. The van der Waals surface area contributed by atoms with E-state index < -0.39 is 0 Å². The highest BCUT2D eigenvalue weighted by Gasteiger charge is 1.99. The van der Waals surface area contributed by atoms with E-state index in [1.165, 1.54) is 30.5 Å². The minimum atomic E-state index is 0.666. The van der Waals surface area contributed by atoms with E-state index in [0.29, 0.717) is 6.61 Å². The number of unbranched alkanes of at least 4 members (excludes halogenated alkanes) is 3. The average Bonchev–Trinajstić information content (AvgIpc) is 2.36. The molecule has 17 heavy (non-hydrogen) atoms. The molecule has 0 aliphatic carbocycles. The van der Waals surface area contributed by atoms with Crippen LogP contribution in [0.1, 0.15) is 31.2 Å². The van der Waals surface area contributed by atoms with Crippen LogP contribution in [0, 0.1) is 0 Å². The van der Waals surface area contributed by atoms with E-state index in [9.17, 15) is 0 Å². The highest BCUT2D eigenvalue weighted by molar-refractivity contribution is 5.50. The quantitative estimate of drug-likeness (QED) is 0.514. The Morgan fingerprint density at radius 2 is 2.06 bits per heavy atom. The van der Waals surface area contributed by atoms with Gasteiger partial charge in [0.1, 0.15) is 0 Å².